The Morgan fingerprint density at radius 2 is 2.10 bits per heavy atom. The molecule has 1 rings (SSSR count). The van der Waals surface area contributed by atoms with E-state index in [2.05, 4.69) is 48.2 Å². The Labute approximate surface area is 123 Å². The minimum absolute atomic E-state index is 0.291. The Morgan fingerprint density at radius 1 is 1.30 bits per heavy atom. The summed E-state index contributed by atoms with van der Waals surface area (Å²) in [4.78, 5) is 6.72. The molecule has 20 heavy (non-hydrogen) atoms. The van der Waals surface area contributed by atoms with Gasteiger partial charge in [0, 0.05) is 32.4 Å². The quantitative estimate of drug-likeness (QED) is 0.647. The first-order chi connectivity index (χ1) is 9.69. The Bertz CT molecular complexity index is 353. The van der Waals surface area contributed by atoms with Gasteiger partial charge in [-0.15, -0.1) is 0 Å². The van der Waals surface area contributed by atoms with Gasteiger partial charge in [-0.25, -0.2) is 4.98 Å². The molecule has 1 aromatic rings. The summed E-state index contributed by atoms with van der Waals surface area (Å²) in [5.41, 5.74) is 1.23. The van der Waals surface area contributed by atoms with Crippen LogP contribution in [0.3, 0.4) is 0 Å². The standard InChI is InChI=1S/C16H29N3O/c1-4-10-17-14(2)15-8-9-16(18-13-15)19(3)11-6-5-7-12-20/h8-9,13-14,17,20H,4-7,10-12H2,1-3H3. The largest absolute Gasteiger partial charge is 0.396 e. The highest BCUT2D eigenvalue weighted by molar-refractivity contribution is 5.38. The van der Waals surface area contributed by atoms with E-state index < -0.39 is 0 Å². The molecule has 0 spiro atoms. The van der Waals surface area contributed by atoms with E-state index in [4.69, 9.17) is 5.11 Å². The second kappa shape index (κ2) is 9.72. The lowest BCUT2D eigenvalue weighted by atomic mass is 10.1. The molecule has 0 bridgehead atoms. The maximum atomic E-state index is 8.76. The molecule has 2 N–H and O–H groups in total. The zero-order valence-electron chi connectivity index (χ0n) is 13.1. The minimum atomic E-state index is 0.291. The van der Waals surface area contributed by atoms with Crippen LogP contribution in [-0.4, -0.2) is 36.8 Å². The summed E-state index contributed by atoms with van der Waals surface area (Å²) in [7, 11) is 2.07. The van der Waals surface area contributed by atoms with Gasteiger partial charge in [0.2, 0.25) is 0 Å². The summed E-state index contributed by atoms with van der Waals surface area (Å²) in [5.74, 6) is 1.01. The molecule has 4 heteroatoms. The van der Waals surface area contributed by atoms with Gasteiger partial charge in [0.1, 0.15) is 5.82 Å². The Kier molecular flexibility index (Phi) is 8.23. The molecule has 0 aliphatic rings. The molecular formula is C16H29N3O. The van der Waals surface area contributed by atoms with E-state index in [0.717, 1.165) is 44.6 Å². The number of anilines is 1. The van der Waals surface area contributed by atoms with Crippen molar-refractivity contribution in [1.29, 1.82) is 0 Å². The van der Waals surface area contributed by atoms with Gasteiger partial charge < -0.3 is 15.3 Å². The van der Waals surface area contributed by atoms with Crippen LogP contribution in [0.15, 0.2) is 18.3 Å². The lowest BCUT2D eigenvalue weighted by Crippen LogP contribution is -2.21. The predicted octanol–water partition coefficient (Wildman–Crippen LogP) is 2.74. The zero-order chi connectivity index (χ0) is 14.8. The summed E-state index contributed by atoms with van der Waals surface area (Å²) in [5, 5.41) is 12.2. The molecule has 0 aliphatic carbocycles. The number of hydrogen-bond donors (Lipinski definition) is 2. The van der Waals surface area contributed by atoms with Crippen LogP contribution in [0.5, 0.6) is 0 Å². The zero-order valence-corrected chi connectivity index (χ0v) is 13.1. The van der Waals surface area contributed by atoms with Gasteiger partial charge in [-0.3, -0.25) is 0 Å². The highest BCUT2D eigenvalue weighted by Gasteiger charge is 2.06. The fourth-order valence-corrected chi connectivity index (χ4v) is 2.11. The molecular weight excluding hydrogens is 250 g/mol. The molecule has 0 amide bonds. The van der Waals surface area contributed by atoms with Crippen LogP contribution in [0.25, 0.3) is 0 Å². The van der Waals surface area contributed by atoms with E-state index in [1.165, 1.54) is 5.56 Å². The van der Waals surface area contributed by atoms with Crippen molar-refractivity contribution >= 4 is 5.82 Å². The van der Waals surface area contributed by atoms with Gasteiger partial charge in [0.05, 0.1) is 0 Å². The number of aromatic nitrogens is 1. The van der Waals surface area contributed by atoms with Crippen LogP contribution in [0.2, 0.25) is 0 Å². The average Bonchev–Trinajstić information content (AvgIpc) is 2.49. The van der Waals surface area contributed by atoms with E-state index in [9.17, 15) is 0 Å². The van der Waals surface area contributed by atoms with Crippen LogP contribution in [0.1, 0.15) is 51.1 Å². The number of hydrogen-bond acceptors (Lipinski definition) is 4. The van der Waals surface area contributed by atoms with Gasteiger partial charge in [-0.05, 0) is 50.8 Å². The van der Waals surface area contributed by atoms with Crippen molar-refractivity contribution in [2.24, 2.45) is 0 Å². The molecule has 1 unspecified atom stereocenters. The lowest BCUT2D eigenvalue weighted by molar-refractivity contribution is 0.283. The maximum absolute atomic E-state index is 8.76. The van der Waals surface area contributed by atoms with Crippen molar-refractivity contribution in [2.45, 2.75) is 45.6 Å². The Morgan fingerprint density at radius 3 is 2.70 bits per heavy atom. The van der Waals surface area contributed by atoms with Crippen LogP contribution < -0.4 is 10.2 Å². The highest BCUT2D eigenvalue weighted by Crippen LogP contribution is 2.15. The summed E-state index contributed by atoms with van der Waals surface area (Å²) in [6.45, 7) is 6.65. The summed E-state index contributed by atoms with van der Waals surface area (Å²) < 4.78 is 0. The molecule has 1 atom stereocenters. The molecule has 114 valence electrons. The first-order valence-electron chi connectivity index (χ1n) is 7.70. The number of nitrogens with one attached hydrogen (secondary N) is 1. The van der Waals surface area contributed by atoms with Crippen molar-refractivity contribution in [3.8, 4) is 0 Å². The van der Waals surface area contributed by atoms with Gasteiger partial charge in [0.25, 0.3) is 0 Å². The second-order valence-corrected chi connectivity index (χ2v) is 5.33. The summed E-state index contributed by atoms with van der Waals surface area (Å²) in [6.07, 6.45) is 6.16. The van der Waals surface area contributed by atoms with Crippen molar-refractivity contribution in [3.05, 3.63) is 23.9 Å². The molecule has 1 aromatic heterocycles. The van der Waals surface area contributed by atoms with Crippen molar-refractivity contribution in [1.82, 2.24) is 10.3 Å². The smallest absolute Gasteiger partial charge is 0.128 e. The minimum Gasteiger partial charge on any atom is -0.396 e. The SMILES string of the molecule is CCCNC(C)c1ccc(N(C)CCCCCO)nc1. The van der Waals surface area contributed by atoms with Gasteiger partial charge in [-0.1, -0.05) is 13.0 Å². The predicted molar refractivity (Wildman–Crippen MR) is 85.2 cm³/mol. The van der Waals surface area contributed by atoms with Crippen LogP contribution >= 0.6 is 0 Å². The number of nitrogens with zero attached hydrogens (tertiary/aromatic N) is 2. The first-order valence-corrected chi connectivity index (χ1v) is 7.70. The Hall–Kier alpha value is -1.13. The van der Waals surface area contributed by atoms with Crippen molar-refractivity contribution in [2.75, 3.05) is 31.6 Å². The number of pyridine rings is 1. The molecule has 0 aromatic carbocycles. The maximum Gasteiger partial charge on any atom is 0.128 e. The molecule has 0 fully saturated rings. The molecule has 0 saturated carbocycles. The van der Waals surface area contributed by atoms with E-state index in [1.54, 1.807) is 0 Å². The Balaban J connectivity index is 2.44. The highest BCUT2D eigenvalue weighted by atomic mass is 16.2. The lowest BCUT2D eigenvalue weighted by Gasteiger charge is -2.19. The summed E-state index contributed by atoms with van der Waals surface area (Å²) >= 11 is 0. The van der Waals surface area contributed by atoms with E-state index in [1.807, 2.05) is 6.20 Å². The van der Waals surface area contributed by atoms with Gasteiger partial charge in [-0.2, -0.15) is 0 Å². The molecule has 4 nitrogen and oxygen atoms in total. The second-order valence-electron chi connectivity index (χ2n) is 5.33. The molecule has 0 radical (unpaired) electrons. The van der Waals surface area contributed by atoms with Crippen molar-refractivity contribution < 1.29 is 5.11 Å². The monoisotopic (exact) mass is 279 g/mol. The van der Waals surface area contributed by atoms with Crippen LogP contribution in [0, 0.1) is 0 Å². The molecule has 1 heterocycles. The van der Waals surface area contributed by atoms with E-state index in [0.29, 0.717) is 12.6 Å². The van der Waals surface area contributed by atoms with E-state index in [-0.39, 0.29) is 0 Å². The number of aliphatic hydroxyl groups excluding tert-OH is 1. The fraction of sp³-hybridized carbons (Fsp3) is 0.688. The van der Waals surface area contributed by atoms with Crippen LogP contribution in [0.4, 0.5) is 5.82 Å². The third-order valence-electron chi connectivity index (χ3n) is 3.51. The van der Waals surface area contributed by atoms with Gasteiger partial charge >= 0.3 is 0 Å². The number of unbranched alkanes of at least 4 members (excludes halogenated alkanes) is 2. The normalized spacial score (nSPS) is 12.4. The van der Waals surface area contributed by atoms with Gasteiger partial charge in [0.15, 0.2) is 0 Å². The third kappa shape index (κ3) is 5.88. The topological polar surface area (TPSA) is 48.4 Å². The third-order valence-corrected chi connectivity index (χ3v) is 3.51. The molecule has 0 saturated heterocycles. The average molecular weight is 279 g/mol. The van der Waals surface area contributed by atoms with E-state index >= 15 is 0 Å². The molecule has 0 aliphatic heterocycles. The number of rotatable bonds is 10. The number of aliphatic hydroxyl groups is 1. The summed E-state index contributed by atoms with van der Waals surface area (Å²) in [6, 6.07) is 4.59. The van der Waals surface area contributed by atoms with Crippen molar-refractivity contribution in [3.63, 3.8) is 0 Å². The van der Waals surface area contributed by atoms with Crippen LogP contribution in [-0.2, 0) is 0 Å². The first kappa shape index (κ1) is 16.9. The fourth-order valence-electron chi connectivity index (χ4n) is 2.11.